The summed E-state index contributed by atoms with van der Waals surface area (Å²) in [4.78, 5) is 2.54. The molecule has 0 aliphatic carbocycles. The maximum atomic E-state index is 12.0. The molecular weight excluding hydrogens is 342 g/mol. The molecule has 0 spiro atoms. The number of aliphatic hydroxyl groups is 1. The van der Waals surface area contributed by atoms with Crippen LogP contribution in [0.2, 0.25) is 0 Å². The molecule has 1 heterocycles. The average Bonchev–Trinajstić information content (AvgIpc) is 2.67. The van der Waals surface area contributed by atoms with Gasteiger partial charge in [0.2, 0.25) is 0 Å². The Balaban J connectivity index is 0.00000243. The van der Waals surface area contributed by atoms with Gasteiger partial charge in [-0.3, -0.25) is 0 Å². The Labute approximate surface area is 164 Å². The van der Waals surface area contributed by atoms with Crippen LogP contribution in [-0.4, -0.2) is 29.6 Å². The maximum absolute atomic E-state index is 12.0. The van der Waals surface area contributed by atoms with E-state index in [1.54, 1.807) is 0 Å². The van der Waals surface area contributed by atoms with Gasteiger partial charge in [-0.25, -0.2) is 0 Å². The molecule has 26 heavy (non-hydrogen) atoms. The summed E-state index contributed by atoms with van der Waals surface area (Å²) in [6.45, 7) is 7.48. The van der Waals surface area contributed by atoms with Gasteiger partial charge in [0.05, 0.1) is 5.60 Å². The van der Waals surface area contributed by atoms with Crippen molar-refractivity contribution < 1.29 is 5.11 Å². The molecule has 0 radical (unpaired) electrons. The number of hydrogen-bond acceptors (Lipinski definition) is 2. The molecule has 1 N–H and O–H groups in total. The van der Waals surface area contributed by atoms with Crippen LogP contribution < -0.4 is 0 Å². The summed E-state index contributed by atoms with van der Waals surface area (Å²) in [5.41, 5.74) is 1.38. The van der Waals surface area contributed by atoms with Gasteiger partial charge < -0.3 is 10.0 Å². The Hall–Kier alpha value is -1.35. The van der Waals surface area contributed by atoms with Crippen molar-refractivity contribution in [1.29, 1.82) is 0 Å². The third-order valence-corrected chi connectivity index (χ3v) is 5.74. The predicted octanol–water partition coefficient (Wildman–Crippen LogP) is 5.22. The minimum Gasteiger partial charge on any atom is -0.384 e. The van der Waals surface area contributed by atoms with Crippen LogP contribution in [0.3, 0.4) is 0 Å². The van der Waals surface area contributed by atoms with Crippen LogP contribution in [0.5, 0.6) is 0 Å². The summed E-state index contributed by atoms with van der Waals surface area (Å²) in [5, 5.41) is 12.0. The zero-order valence-electron chi connectivity index (χ0n) is 16.0. The van der Waals surface area contributed by atoms with E-state index in [1.165, 1.54) is 24.8 Å². The molecule has 0 aromatic heterocycles. The molecule has 142 valence electrons. The maximum Gasteiger partial charge on any atom is 0.0999 e. The van der Waals surface area contributed by atoms with Crippen LogP contribution >= 0.6 is 12.4 Å². The van der Waals surface area contributed by atoms with E-state index in [0.717, 1.165) is 25.2 Å². The monoisotopic (exact) mass is 373 g/mol. The highest BCUT2D eigenvalue weighted by Crippen LogP contribution is 2.43. The third-order valence-electron chi connectivity index (χ3n) is 5.74. The highest BCUT2D eigenvalue weighted by atomic mass is 35.5. The van der Waals surface area contributed by atoms with Gasteiger partial charge in [0.15, 0.2) is 0 Å². The molecule has 1 fully saturated rings. The van der Waals surface area contributed by atoms with Gasteiger partial charge in [0, 0.05) is 12.5 Å². The van der Waals surface area contributed by atoms with Crippen molar-refractivity contribution in [2.24, 2.45) is 5.92 Å². The van der Waals surface area contributed by atoms with E-state index in [1.807, 2.05) is 18.2 Å². The van der Waals surface area contributed by atoms with E-state index in [9.17, 15) is 5.11 Å². The van der Waals surface area contributed by atoms with Crippen molar-refractivity contribution in [1.82, 2.24) is 4.90 Å². The van der Waals surface area contributed by atoms with Crippen molar-refractivity contribution in [3.05, 3.63) is 71.8 Å². The van der Waals surface area contributed by atoms with Crippen LogP contribution in [0.4, 0.5) is 0 Å². The van der Waals surface area contributed by atoms with Gasteiger partial charge >= 0.3 is 0 Å². The summed E-state index contributed by atoms with van der Waals surface area (Å²) >= 11 is 0. The number of hydrogen-bond donors (Lipinski definition) is 1. The Morgan fingerprint density at radius 3 is 1.96 bits per heavy atom. The normalized spacial score (nSPS) is 18.8. The molecule has 3 rings (SSSR count). The van der Waals surface area contributed by atoms with E-state index >= 15 is 0 Å². The quantitative estimate of drug-likeness (QED) is 0.750. The van der Waals surface area contributed by atoms with Crippen LogP contribution in [0.1, 0.15) is 50.2 Å². The zero-order valence-corrected chi connectivity index (χ0v) is 16.8. The largest absolute Gasteiger partial charge is 0.384 e. The lowest BCUT2D eigenvalue weighted by atomic mass is 9.70. The smallest absolute Gasteiger partial charge is 0.0999 e. The number of likely N-dealkylation sites (tertiary alicyclic amines) is 1. The van der Waals surface area contributed by atoms with Gasteiger partial charge in [-0.1, -0.05) is 80.9 Å². The highest BCUT2D eigenvalue weighted by Gasteiger charge is 2.42. The van der Waals surface area contributed by atoms with Crippen molar-refractivity contribution in [3.8, 4) is 0 Å². The summed E-state index contributed by atoms with van der Waals surface area (Å²) in [6, 6.07) is 20.8. The van der Waals surface area contributed by atoms with Crippen molar-refractivity contribution >= 4 is 12.4 Å². The second-order valence-corrected chi connectivity index (χ2v) is 7.67. The predicted molar refractivity (Wildman–Crippen MR) is 112 cm³/mol. The Bertz CT molecular complexity index is 640. The van der Waals surface area contributed by atoms with Crippen LogP contribution in [0, 0.1) is 5.92 Å². The number of halogens is 1. The lowest BCUT2D eigenvalue weighted by Crippen LogP contribution is -2.45. The van der Waals surface area contributed by atoms with E-state index in [-0.39, 0.29) is 24.2 Å². The van der Waals surface area contributed by atoms with Crippen LogP contribution in [0.15, 0.2) is 60.7 Å². The fraction of sp³-hybridized carbons (Fsp3) is 0.478. The third kappa shape index (κ3) is 4.49. The first-order valence-corrected chi connectivity index (χ1v) is 9.67. The molecule has 2 aromatic rings. The SMILES string of the molecule is CC(C)C(O)(c1ccccc1)C(CN1CCCCC1)c1ccccc1.Cl. The minimum atomic E-state index is -0.875. The zero-order chi connectivity index (χ0) is 17.7. The molecule has 2 unspecified atom stereocenters. The van der Waals surface area contributed by atoms with Crippen LogP contribution in [0.25, 0.3) is 0 Å². The molecule has 1 aliphatic rings. The lowest BCUT2D eigenvalue weighted by Gasteiger charge is -2.43. The number of rotatable bonds is 6. The molecular formula is C23H32ClNO. The van der Waals surface area contributed by atoms with Crippen molar-refractivity contribution in [3.63, 3.8) is 0 Å². The first-order valence-electron chi connectivity index (χ1n) is 9.67. The van der Waals surface area contributed by atoms with Gasteiger partial charge in [-0.05, 0) is 43.0 Å². The van der Waals surface area contributed by atoms with Gasteiger partial charge in [0.1, 0.15) is 0 Å². The summed E-state index contributed by atoms with van der Waals surface area (Å²) in [5.74, 6) is 0.194. The lowest BCUT2D eigenvalue weighted by molar-refractivity contribution is -0.0472. The molecule has 0 amide bonds. The van der Waals surface area contributed by atoms with E-state index in [4.69, 9.17) is 0 Å². The van der Waals surface area contributed by atoms with Crippen molar-refractivity contribution in [2.75, 3.05) is 19.6 Å². The number of nitrogens with zero attached hydrogens (tertiary/aromatic N) is 1. The second-order valence-electron chi connectivity index (χ2n) is 7.67. The molecule has 3 heteroatoms. The molecule has 1 saturated heterocycles. The fourth-order valence-electron chi connectivity index (χ4n) is 4.23. The fourth-order valence-corrected chi connectivity index (χ4v) is 4.23. The topological polar surface area (TPSA) is 23.5 Å². The number of benzene rings is 2. The molecule has 0 bridgehead atoms. The highest BCUT2D eigenvalue weighted by molar-refractivity contribution is 5.85. The summed E-state index contributed by atoms with van der Waals surface area (Å²) < 4.78 is 0. The average molecular weight is 374 g/mol. The summed E-state index contributed by atoms with van der Waals surface area (Å²) in [6.07, 6.45) is 3.87. The molecule has 2 aromatic carbocycles. The number of piperidine rings is 1. The molecule has 2 nitrogen and oxygen atoms in total. The van der Waals surface area contributed by atoms with Crippen molar-refractivity contribution in [2.45, 2.75) is 44.6 Å². The Kier molecular flexibility index (Phi) is 7.69. The van der Waals surface area contributed by atoms with E-state index in [0.29, 0.717) is 0 Å². The van der Waals surface area contributed by atoms with Gasteiger partial charge in [0.25, 0.3) is 0 Å². The van der Waals surface area contributed by atoms with Gasteiger partial charge in [-0.15, -0.1) is 12.4 Å². The first kappa shape index (κ1) is 21.0. The second kappa shape index (κ2) is 9.55. The van der Waals surface area contributed by atoms with E-state index in [2.05, 4.69) is 61.2 Å². The van der Waals surface area contributed by atoms with E-state index < -0.39 is 5.60 Å². The Morgan fingerprint density at radius 1 is 0.885 bits per heavy atom. The van der Waals surface area contributed by atoms with Crippen LogP contribution in [-0.2, 0) is 5.60 Å². The molecule has 2 atom stereocenters. The minimum absolute atomic E-state index is 0. The molecule has 0 saturated carbocycles. The Morgan fingerprint density at radius 2 is 1.42 bits per heavy atom. The standard InChI is InChI=1S/C23H31NO.ClH/c1-19(2)23(25,21-14-8-4-9-15-21)22(20-12-6-3-7-13-20)18-24-16-10-5-11-17-24;/h3-4,6-9,12-15,19,22,25H,5,10-11,16-18H2,1-2H3;1H. The first-order chi connectivity index (χ1) is 12.1. The summed E-state index contributed by atoms with van der Waals surface area (Å²) in [7, 11) is 0. The van der Waals surface area contributed by atoms with Gasteiger partial charge in [-0.2, -0.15) is 0 Å². The molecule has 1 aliphatic heterocycles.